The van der Waals surface area contributed by atoms with Crippen LogP contribution in [0, 0.1) is 11.8 Å². The van der Waals surface area contributed by atoms with Crippen molar-refractivity contribution in [1.82, 2.24) is 10.3 Å². The Bertz CT molecular complexity index is 495. The number of nitrogens with two attached hydrogens (primary N) is 2. The van der Waals surface area contributed by atoms with Crippen LogP contribution in [0.5, 0.6) is 0 Å². The first-order valence-corrected chi connectivity index (χ1v) is 7.35. The Morgan fingerprint density at radius 3 is 2.57 bits per heavy atom. The number of hydrogen-bond acceptors (Lipinski definition) is 4. The van der Waals surface area contributed by atoms with Crippen molar-refractivity contribution < 1.29 is 9.59 Å². The highest BCUT2D eigenvalue weighted by Crippen LogP contribution is 2.30. The molecule has 6 nitrogen and oxygen atoms in total. The van der Waals surface area contributed by atoms with Crippen molar-refractivity contribution in [3.63, 3.8) is 0 Å². The Labute approximate surface area is 124 Å². The van der Waals surface area contributed by atoms with Gasteiger partial charge in [0.2, 0.25) is 11.8 Å². The molecule has 0 spiro atoms. The molecule has 1 heterocycles. The number of hydrogen-bond donors (Lipinski definition) is 3. The normalized spacial score (nSPS) is 17.1. The van der Waals surface area contributed by atoms with Gasteiger partial charge in [-0.25, -0.2) is 4.98 Å². The fraction of sp³-hybridized carbons (Fsp3) is 0.533. The number of nitrogen functional groups attached to an aromatic ring is 1. The molecule has 1 fully saturated rings. The fourth-order valence-corrected chi connectivity index (χ4v) is 2.88. The topological polar surface area (TPSA) is 111 Å². The van der Waals surface area contributed by atoms with Gasteiger partial charge in [0.15, 0.2) is 0 Å². The number of aromatic nitrogens is 1. The molecule has 114 valence electrons. The summed E-state index contributed by atoms with van der Waals surface area (Å²) >= 11 is 0. The predicted octanol–water partition coefficient (Wildman–Crippen LogP) is 0.962. The van der Waals surface area contributed by atoms with Gasteiger partial charge in [0, 0.05) is 12.7 Å². The van der Waals surface area contributed by atoms with E-state index in [0.29, 0.717) is 12.4 Å². The fourth-order valence-electron chi connectivity index (χ4n) is 2.88. The van der Waals surface area contributed by atoms with Gasteiger partial charge in [-0.1, -0.05) is 25.3 Å². The number of nitrogens with zero attached hydrogens (tertiary/aromatic N) is 1. The molecule has 1 aromatic heterocycles. The van der Waals surface area contributed by atoms with E-state index in [4.69, 9.17) is 11.5 Å². The first-order chi connectivity index (χ1) is 10.1. The Kier molecular flexibility index (Phi) is 5.14. The van der Waals surface area contributed by atoms with Crippen molar-refractivity contribution in [2.75, 3.05) is 5.73 Å². The van der Waals surface area contributed by atoms with Crippen LogP contribution >= 0.6 is 0 Å². The summed E-state index contributed by atoms with van der Waals surface area (Å²) in [5.41, 5.74) is 11.8. The maximum Gasteiger partial charge on any atom is 0.233 e. The maximum atomic E-state index is 12.3. The molecule has 1 atom stereocenters. The second kappa shape index (κ2) is 7.06. The van der Waals surface area contributed by atoms with Gasteiger partial charge in [-0.05, 0) is 30.4 Å². The summed E-state index contributed by atoms with van der Waals surface area (Å²) in [4.78, 5) is 27.9. The highest BCUT2D eigenvalue weighted by molar-refractivity contribution is 5.99. The lowest BCUT2D eigenvalue weighted by Gasteiger charge is -2.27. The van der Waals surface area contributed by atoms with Crippen molar-refractivity contribution >= 4 is 17.6 Å². The number of carbonyl (C=O) groups is 2. The smallest absolute Gasteiger partial charge is 0.233 e. The van der Waals surface area contributed by atoms with Gasteiger partial charge in [-0.3, -0.25) is 9.59 Å². The summed E-state index contributed by atoms with van der Waals surface area (Å²) < 4.78 is 0. The van der Waals surface area contributed by atoms with E-state index < -0.39 is 11.8 Å². The van der Waals surface area contributed by atoms with Crippen molar-refractivity contribution in [1.29, 1.82) is 0 Å². The summed E-state index contributed by atoms with van der Waals surface area (Å²) in [5.74, 6) is -1.05. The van der Waals surface area contributed by atoms with E-state index in [1.807, 2.05) is 0 Å². The number of amides is 2. The first-order valence-electron chi connectivity index (χ1n) is 7.35. The molecule has 2 rings (SSSR count). The largest absolute Gasteiger partial charge is 0.384 e. The molecule has 1 aliphatic rings. The zero-order valence-electron chi connectivity index (χ0n) is 12.0. The van der Waals surface area contributed by atoms with Crippen molar-refractivity contribution in [3.8, 4) is 0 Å². The minimum atomic E-state index is -0.730. The number of primary amides is 1. The number of carbonyl (C=O) groups excluding carboxylic acids is 2. The van der Waals surface area contributed by atoms with Crippen molar-refractivity contribution in [3.05, 3.63) is 23.9 Å². The average Bonchev–Trinajstić information content (AvgIpc) is 2.47. The Balaban J connectivity index is 1.95. The zero-order valence-corrected chi connectivity index (χ0v) is 12.0. The molecule has 0 bridgehead atoms. The van der Waals surface area contributed by atoms with E-state index in [-0.39, 0.29) is 11.8 Å². The van der Waals surface area contributed by atoms with Crippen LogP contribution in [0.15, 0.2) is 18.3 Å². The Morgan fingerprint density at radius 1 is 1.29 bits per heavy atom. The predicted molar refractivity (Wildman–Crippen MR) is 79.8 cm³/mol. The summed E-state index contributed by atoms with van der Waals surface area (Å²) in [7, 11) is 0. The third kappa shape index (κ3) is 4.18. The summed E-state index contributed by atoms with van der Waals surface area (Å²) in [6.07, 6.45) is 6.68. The third-order valence-electron chi connectivity index (χ3n) is 4.02. The van der Waals surface area contributed by atoms with Crippen molar-refractivity contribution in [2.24, 2.45) is 17.6 Å². The lowest BCUT2D eigenvalue weighted by atomic mass is 9.79. The maximum absolute atomic E-state index is 12.3. The molecule has 6 heteroatoms. The van der Waals surface area contributed by atoms with Gasteiger partial charge in [-0.15, -0.1) is 0 Å². The highest BCUT2D eigenvalue weighted by Gasteiger charge is 2.33. The lowest BCUT2D eigenvalue weighted by molar-refractivity contribution is -0.136. The quantitative estimate of drug-likeness (QED) is 0.701. The molecule has 2 amide bonds. The molecular formula is C15H22N4O2. The second-order valence-electron chi connectivity index (χ2n) is 5.59. The van der Waals surface area contributed by atoms with Crippen LogP contribution in [-0.4, -0.2) is 16.8 Å². The Morgan fingerprint density at radius 2 is 2.00 bits per heavy atom. The molecular weight excluding hydrogens is 268 g/mol. The lowest BCUT2D eigenvalue weighted by Crippen LogP contribution is -2.43. The molecule has 0 aliphatic heterocycles. The van der Waals surface area contributed by atoms with Crippen LogP contribution in [0.25, 0.3) is 0 Å². The standard InChI is InChI=1S/C15H22N4O2/c16-12-7-6-10(8-18-12)9-19-15(21)13(14(17)20)11-4-2-1-3-5-11/h6-8,11,13H,1-5,9H2,(H2,16,18)(H2,17,20)(H,19,21)/t13-/m0/s1. The van der Waals surface area contributed by atoms with E-state index in [2.05, 4.69) is 10.3 Å². The molecule has 1 aromatic rings. The van der Waals surface area contributed by atoms with Crippen molar-refractivity contribution in [2.45, 2.75) is 38.6 Å². The molecule has 21 heavy (non-hydrogen) atoms. The molecule has 0 unspecified atom stereocenters. The van der Waals surface area contributed by atoms with Gasteiger partial charge in [0.25, 0.3) is 0 Å². The van der Waals surface area contributed by atoms with Crippen LogP contribution in [0.4, 0.5) is 5.82 Å². The van der Waals surface area contributed by atoms with Crippen LogP contribution in [-0.2, 0) is 16.1 Å². The van der Waals surface area contributed by atoms with E-state index in [9.17, 15) is 9.59 Å². The molecule has 1 aliphatic carbocycles. The van der Waals surface area contributed by atoms with E-state index in [1.165, 1.54) is 6.42 Å². The average molecular weight is 290 g/mol. The van der Waals surface area contributed by atoms with Crippen LogP contribution in [0.2, 0.25) is 0 Å². The number of nitrogens with one attached hydrogen (secondary N) is 1. The van der Waals surface area contributed by atoms with Gasteiger partial charge < -0.3 is 16.8 Å². The molecule has 5 N–H and O–H groups in total. The molecule has 0 radical (unpaired) electrons. The number of pyridine rings is 1. The van der Waals surface area contributed by atoms with Crippen LogP contribution < -0.4 is 16.8 Å². The van der Waals surface area contributed by atoms with E-state index in [0.717, 1.165) is 31.2 Å². The van der Waals surface area contributed by atoms with Crippen LogP contribution in [0.1, 0.15) is 37.7 Å². The summed E-state index contributed by atoms with van der Waals surface area (Å²) in [5, 5.41) is 2.78. The Hall–Kier alpha value is -2.11. The first kappa shape index (κ1) is 15.3. The van der Waals surface area contributed by atoms with Crippen LogP contribution in [0.3, 0.4) is 0 Å². The number of rotatable bonds is 5. The van der Waals surface area contributed by atoms with Gasteiger partial charge in [-0.2, -0.15) is 0 Å². The summed E-state index contributed by atoms with van der Waals surface area (Å²) in [6, 6.07) is 3.47. The minimum absolute atomic E-state index is 0.0702. The summed E-state index contributed by atoms with van der Waals surface area (Å²) in [6.45, 7) is 0.322. The molecule has 1 saturated carbocycles. The second-order valence-corrected chi connectivity index (χ2v) is 5.59. The number of anilines is 1. The van der Waals surface area contributed by atoms with E-state index >= 15 is 0 Å². The molecule has 0 saturated heterocycles. The molecule has 0 aromatic carbocycles. The van der Waals surface area contributed by atoms with Gasteiger partial charge >= 0.3 is 0 Å². The highest BCUT2D eigenvalue weighted by atomic mass is 16.2. The third-order valence-corrected chi connectivity index (χ3v) is 4.02. The monoisotopic (exact) mass is 290 g/mol. The van der Waals surface area contributed by atoms with Gasteiger partial charge in [0.1, 0.15) is 11.7 Å². The van der Waals surface area contributed by atoms with Gasteiger partial charge in [0.05, 0.1) is 0 Å². The minimum Gasteiger partial charge on any atom is -0.384 e. The SMILES string of the molecule is NC(=O)[C@@H](C(=O)NCc1ccc(N)nc1)C1CCCCC1. The van der Waals surface area contributed by atoms with E-state index in [1.54, 1.807) is 18.3 Å². The zero-order chi connectivity index (χ0) is 15.2.